The van der Waals surface area contributed by atoms with Gasteiger partial charge < -0.3 is 0 Å². The second-order valence-electron chi connectivity index (χ2n) is 4.09. The highest BCUT2D eigenvalue weighted by Crippen LogP contribution is 2.21. The van der Waals surface area contributed by atoms with Gasteiger partial charge in [0.1, 0.15) is 6.33 Å². The van der Waals surface area contributed by atoms with Crippen molar-refractivity contribution in [2.75, 3.05) is 0 Å². The molecule has 0 amide bonds. The molecule has 2 nitrogen and oxygen atoms in total. The highest BCUT2D eigenvalue weighted by molar-refractivity contribution is 9.10. The Balaban J connectivity index is 2.27. The van der Waals surface area contributed by atoms with Gasteiger partial charge in [0.2, 0.25) is 0 Å². The van der Waals surface area contributed by atoms with Crippen LogP contribution in [0.15, 0.2) is 53.3 Å². The van der Waals surface area contributed by atoms with E-state index in [1.54, 1.807) is 0 Å². The standard InChI is InChI=1S/C14H11BrN2/c1-10-5-6-13-14(7-10)17(9-16-13)12-4-2-3-11(15)8-12/h2-9H,1H3. The van der Waals surface area contributed by atoms with E-state index in [4.69, 9.17) is 0 Å². The summed E-state index contributed by atoms with van der Waals surface area (Å²) in [4.78, 5) is 4.41. The maximum atomic E-state index is 4.41. The first-order valence-corrected chi connectivity index (χ1v) is 6.23. The average Bonchev–Trinajstić information content (AvgIpc) is 2.71. The molecule has 2 aromatic carbocycles. The van der Waals surface area contributed by atoms with Gasteiger partial charge in [0.25, 0.3) is 0 Å². The summed E-state index contributed by atoms with van der Waals surface area (Å²) in [6.45, 7) is 2.09. The van der Waals surface area contributed by atoms with Gasteiger partial charge in [-0.1, -0.05) is 28.1 Å². The highest BCUT2D eigenvalue weighted by Gasteiger charge is 2.04. The van der Waals surface area contributed by atoms with Gasteiger partial charge in [-0.15, -0.1) is 0 Å². The molecule has 0 N–H and O–H groups in total. The third-order valence-electron chi connectivity index (χ3n) is 2.79. The summed E-state index contributed by atoms with van der Waals surface area (Å²) >= 11 is 3.49. The summed E-state index contributed by atoms with van der Waals surface area (Å²) in [6.07, 6.45) is 1.87. The van der Waals surface area contributed by atoms with Crippen molar-refractivity contribution >= 4 is 27.0 Å². The molecule has 0 spiro atoms. The SMILES string of the molecule is Cc1ccc2ncn(-c3cccc(Br)c3)c2c1. The van der Waals surface area contributed by atoms with Gasteiger partial charge >= 0.3 is 0 Å². The van der Waals surface area contributed by atoms with Gasteiger partial charge in [0.15, 0.2) is 0 Å². The molecule has 84 valence electrons. The molecular weight excluding hydrogens is 276 g/mol. The smallest absolute Gasteiger partial charge is 0.100 e. The first kappa shape index (κ1) is 10.5. The predicted molar refractivity (Wildman–Crippen MR) is 73.5 cm³/mol. The first-order chi connectivity index (χ1) is 8.24. The van der Waals surface area contributed by atoms with E-state index in [2.05, 4.69) is 62.7 Å². The van der Waals surface area contributed by atoms with Crippen LogP contribution in [-0.2, 0) is 0 Å². The molecule has 1 aromatic heterocycles. The Morgan fingerprint density at radius 3 is 2.82 bits per heavy atom. The third-order valence-corrected chi connectivity index (χ3v) is 3.28. The molecule has 3 rings (SSSR count). The zero-order valence-electron chi connectivity index (χ0n) is 9.39. The number of halogens is 1. The van der Waals surface area contributed by atoms with Crippen molar-refractivity contribution in [2.45, 2.75) is 6.92 Å². The Bertz CT molecular complexity index is 686. The number of aromatic nitrogens is 2. The molecule has 1 heterocycles. The van der Waals surface area contributed by atoms with Crippen molar-refractivity contribution in [3.63, 3.8) is 0 Å². The maximum absolute atomic E-state index is 4.41. The minimum Gasteiger partial charge on any atom is -0.299 e. The molecular formula is C14H11BrN2. The van der Waals surface area contributed by atoms with Gasteiger partial charge in [-0.2, -0.15) is 0 Å². The second kappa shape index (κ2) is 4.00. The topological polar surface area (TPSA) is 17.8 Å². The van der Waals surface area contributed by atoms with Gasteiger partial charge in [-0.05, 0) is 42.8 Å². The first-order valence-electron chi connectivity index (χ1n) is 5.44. The normalized spacial score (nSPS) is 10.9. The van der Waals surface area contributed by atoms with Crippen molar-refractivity contribution in [3.05, 3.63) is 58.8 Å². The van der Waals surface area contributed by atoms with Crippen molar-refractivity contribution in [1.29, 1.82) is 0 Å². The predicted octanol–water partition coefficient (Wildman–Crippen LogP) is 4.10. The van der Waals surface area contributed by atoms with E-state index >= 15 is 0 Å². The number of imidazole rings is 1. The highest BCUT2D eigenvalue weighted by atomic mass is 79.9. The van der Waals surface area contributed by atoms with Crippen LogP contribution in [0, 0.1) is 6.92 Å². The number of benzene rings is 2. The largest absolute Gasteiger partial charge is 0.299 e. The van der Waals surface area contributed by atoms with Crippen molar-refractivity contribution in [1.82, 2.24) is 9.55 Å². The Morgan fingerprint density at radius 1 is 1.12 bits per heavy atom. The quantitative estimate of drug-likeness (QED) is 0.659. The molecule has 0 aliphatic heterocycles. The average molecular weight is 287 g/mol. The Morgan fingerprint density at radius 2 is 2.00 bits per heavy atom. The van der Waals surface area contributed by atoms with Crippen LogP contribution in [0.25, 0.3) is 16.7 Å². The minimum atomic E-state index is 1.02. The van der Waals surface area contributed by atoms with Crippen LogP contribution >= 0.6 is 15.9 Å². The molecule has 0 radical (unpaired) electrons. The number of rotatable bonds is 1. The van der Waals surface area contributed by atoms with Crippen LogP contribution in [-0.4, -0.2) is 9.55 Å². The molecule has 0 bridgehead atoms. The number of hydrogen-bond donors (Lipinski definition) is 0. The van der Waals surface area contributed by atoms with E-state index in [1.807, 2.05) is 18.5 Å². The molecule has 17 heavy (non-hydrogen) atoms. The molecule has 3 aromatic rings. The Hall–Kier alpha value is -1.61. The fraction of sp³-hybridized carbons (Fsp3) is 0.0714. The maximum Gasteiger partial charge on any atom is 0.100 e. The molecule has 0 fully saturated rings. The molecule has 0 aliphatic carbocycles. The number of fused-ring (bicyclic) bond motifs is 1. The third kappa shape index (κ3) is 1.87. The number of nitrogens with zero attached hydrogens (tertiary/aromatic N) is 2. The Labute approximate surface area is 108 Å². The van der Waals surface area contributed by atoms with Crippen LogP contribution in [0.4, 0.5) is 0 Å². The summed E-state index contributed by atoms with van der Waals surface area (Å²) in [5.41, 5.74) is 4.53. The molecule has 0 aliphatic rings. The van der Waals surface area contributed by atoms with Crippen LogP contribution < -0.4 is 0 Å². The lowest BCUT2D eigenvalue weighted by Crippen LogP contribution is -1.91. The second-order valence-corrected chi connectivity index (χ2v) is 5.00. The van der Waals surface area contributed by atoms with Crippen molar-refractivity contribution in [3.8, 4) is 5.69 Å². The fourth-order valence-corrected chi connectivity index (χ4v) is 2.34. The van der Waals surface area contributed by atoms with Crippen molar-refractivity contribution in [2.24, 2.45) is 0 Å². The summed E-state index contributed by atoms with van der Waals surface area (Å²) in [6, 6.07) is 14.5. The van der Waals surface area contributed by atoms with E-state index < -0.39 is 0 Å². The Kier molecular flexibility index (Phi) is 2.48. The van der Waals surface area contributed by atoms with Crippen molar-refractivity contribution < 1.29 is 0 Å². The van der Waals surface area contributed by atoms with E-state index in [1.165, 1.54) is 5.56 Å². The van der Waals surface area contributed by atoms with Crippen LogP contribution in [0.5, 0.6) is 0 Å². The van der Waals surface area contributed by atoms with E-state index in [-0.39, 0.29) is 0 Å². The van der Waals surface area contributed by atoms with Gasteiger partial charge in [0.05, 0.1) is 11.0 Å². The van der Waals surface area contributed by atoms with E-state index in [0.717, 1.165) is 21.2 Å². The summed E-state index contributed by atoms with van der Waals surface area (Å²) in [5, 5.41) is 0. The summed E-state index contributed by atoms with van der Waals surface area (Å²) < 4.78 is 3.18. The molecule has 0 unspecified atom stereocenters. The van der Waals surface area contributed by atoms with Gasteiger partial charge in [-0.25, -0.2) is 4.98 Å². The minimum absolute atomic E-state index is 1.02. The molecule has 0 atom stereocenters. The van der Waals surface area contributed by atoms with Crippen LogP contribution in [0.1, 0.15) is 5.56 Å². The van der Waals surface area contributed by atoms with Gasteiger partial charge in [0, 0.05) is 10.2 Å². The van der Waals surface area contributed by atoms with E-state index in [0.29, 0.717) is 0 Å². The van der Waals surface area contributed by atoms with Crippen LogP contribution in [0.2, 0.25) is 0 Å². The fourth-order valence-electron chi connectivity index (χ4n) is 1.95. The van der Waals surface area contributed by atoms with E-state index in [9.17, 15) is 0 Å². The molecule has 0 saturated heterocycles. The molecule has 3 heteroatoms. The zero-order chi connectivity index (χ0) is 11.8. The summed E-state index contributed by atoms with van der Waals surface area (Å²) in [7, 11) is 0. The zero-order valence-corrected chi connectivity index (χ0v) is 11.0. The number of hydrogen-bond acceptors (Lipinski definition) is 1. The molecule has 0 saturated carbocycles. The summed E-state index contributed by atoms with van der Waals surface area (Å²) in [5.74, 6) is 0. The lowest BCUT2D eigenvalue weighted by Gasteiger charge is -2.05. The van der Waals surface area contributed by atoms with Gasteiger partial charge in [-0.3, -0.25) is 4.57 Å². The number of aryl methyl sites for hydroxylation is 1. The lowest BCUT2D eigenvalue weighted by atomic mass is 10.2. The monoisotopic (exact) mass is 286 g/mol. The lowest BCUT2D eigenvalue weighted by molar-refractivity contribution is 1.09. The van der Waals surface area contributed by atoms with Crippen LogP contribution in [0.3, 0.4) is 0 Å².